The van der Waals surface area contributed by atoms with E-state index in [0.717, 1.165) is 43.2 Å². The van der Waals surface area contributed by atoms with Crippen LogP contribution >= 0.6 is 0 Å². The van der Waals surface area contributed by atoms with Crippen LogP contribution in [0.1, 0.15) is 11.1 Å². The highest BCUT2D eigenvalue weighted by atomic mass is 16.5. The largest absolute Gasteiger partial charge is 0.502 e. The number of carbonyl (C=O) groups is 2. The lowest BCUT2D eigenvalue weighted by atomic mass is 10.1. The molecule has 0 aromatic heterocycles. The number of rotatable bonds is 5. The maximum Gasteiger partial charge on any atom is 0.301 e. The van der Waals surface area contributed by atoms with Gasteiger partial charge in [-0.05, 0) is 42.4 Å². The van der Waals surface area contributed by atoms with Crippen molar-refractivity contribution in [3.63, 3.8) is 0 Å². The van der Waals surface area contributed by atoms with Crippen molar-refractivity contribution in [3.05, 3.63) is 65.4 Å². The van der Waals surface area contributed by atoms with Crippen molar-refractivity contribution in [1.29, 1.82) is 0 Å². The van der Waals surface area contributed by atoms with Crippen LogP contribution < -0.4 is 9.64 Å². The number of nitrogens with zero attached hydrogens (tertiary/aromatic N) is 3. The zero-order valence-corrected chi connectivity index (χ0v) is 17.2. The summed E-state index contributed by atoms with van der Waals surface area (Å²) >= 11 is 0. The van der Waals surface area contributed by atoms with Gasteiger partial charge in [-0.2, -0.15) is 0 Å². The van der Waals surface area contributed by atoms with Crippen LogP contribution in [0.4, 0.5) is 5.69 Å². The lowest BCUT2D eigenvalue weighted by molar-refractivity contribution is -0.121. The molecule has 2 aliphatic rings. The summed E-state index contributed by atoms with van der Waals surface area (Å²) in [5.41, 5.74) is 2.04. The number of aliphatic hydroxyl groups excluding tert-OH is 1. The number of methoxy groups -OCH3 is 1. The molecular formula is C23H25N3O4. The number of aliphatic hydroxyl groups is 1. The number of benzene rings is 2. The summed E-state index contributed by atoms with van der Waals surface area (Å²) in [6.45, 7) is 4.97. The molecule has 4 rings (SSSR count). The summed E-state index contributed by atoms with van der Waals surface area (Å²) in [7, 11) is 3.67. The Labute approximate surface area is 175 Å². The van der Waals surface area contributed by atoms with Gasteiger partial charge in [-0.1, -0.05) is 24.3 Å². The van der Waals surface area contributed by atoms with Crippen molar-refractivity contribution < 1.29 is 19.4 Å². The number of hydrogen-bond acceptors (Lipinski definition) is 6. The minimum Gasteiger partial charge on any atom is -0.502 e. The highest BCUT2D eigenvalue weighted by Gasteiger charge is 2.40. The second-order valence-corrected chi connectivity index (χ2v) is 7.64. The minimum atomic E-state index is -0.711. The van der Waals surface area contributed by atoms with Crippen molar-refractivity contribution in [1.82, 2.24) is 9.80 Å². The number of likely N-dealkylation sites (N-methyl/N-ethyl adjacent to an activating group) is 1. The van der Waals surface area contributed by atoms with Crippen molar-refractivity contribution in [2.45, 2.75) is 6.54 Å². The van der Waals surface area contributed by atoms with Gasteiger partial charge in [0.15, 0.2) is 5.76 Å². The first kappa shape index (κ1) is 20.1. The average Bonchev–Trinajstić information content (AvgIpc) is 2.99. The van der Waals surface area contributed by atoms with Gasteiger partial charge in [-0.25, -0.2) is 4.90 Å². The maximum absolute atomic E-state index is 13.0. The number of ether oxygens (including phenoxy) is 1. The molecule has 7 heteroatoms. The Morgan fingerprint density at radius 3 is 2.13 bits per heavy atom. The Balaban J connectivity index is 1.50. The van der Waals surface area contributed by atoms with E-state index in [9.17, 15) is 14.7 Å². The summed E-state index contributed by atoms with van der Waals surface area (Å²) in [6, 6.07) is 14.0. The molecule has 156 valence electrons. The van der Waals surface area contributed by atoms with Gasteiger partial charge in [0, 0.05) is 32.7 Å². The van der Waals surface area contributed by atoms with Crippen LogP contribution in [0.5, 0.6) is 5.75 Å². The second kappa shape index (κ2) is 8.30. The summed E-state index contributed by atoms with van der Waals surface area (Å²) in [5.74, 6) is -1.15. The van der Waals surface area contributed by atoms with Gasteiger partial charge in [-0.3, -0.25) is 14.5 Å². The van der Waals surface area contributed by atoms with E-state index in [0.29, 0.717) is 17.0 Å². The van der Waals surface area contributed by atoms with Gasteiger partial charge in [0.05, 0.1) is 18.4 Å². The Hall–Kier alpha value is -3.16. The van der Waals surface area contributed by atoms with E-state index < -0.39 is 17.6 Å². The van der Waals surface area contributed by atoms with E-state index in [1.54, 1.807) is 43.5 Å². The molecule has 0 spiro atoms. The van der Waals surface area contributed by atoms with Crippen LogP contribution in [0.3, 0.4) is 0 Å². The normalized spacial score (nSPS) is 18.4. The molecule has 2 heterocycles. The van der Waals surface area contributed by atoms with E-state index >= 15 is 0 Å². The first-order chi connectivity index (χ1) is 14.5. The molecular weight excluding hydrogens is 382 g/mol. The second-order valence-electron chi connectivity index (χ2n) is 7.64. The van der Waals surface area contributed by atoms with Crippen LogP contribution in [-0.2, 0) is 16.1 Å². The van der Waals surface area contributed by atoms with Gasteiger partial charge < -0.3 is 14.7 Å². The molecule has 1 fully saturated rings. The van der Waals surface area contributed by atoms with Crippen LogP contribution in [0.2, 0.25) is 0 Å². The SMILES string of the molecule is COc1ccc(C2=C(O)C(=O)N(c3ccc(CN4CCN(C)CC4)cc3)C2=O)cc1. The fourth-order valence-electron chi connectivity index (χ4n) is 3.79. The third kappa shape index (κ3) is 3.81. The Morgan fingerprint density at radius 1 is 0.900 bits per heavy atom. The summed E-state index contributed by atoms with van der Waals surface area (Å²) in [4.78, 5) is 31.3. The molecule has 0 atom stereocenters. The molecule has 7 nitrogen and oxygen atoms in total. The topological polar surface area (TPSA) is 73.3 Å². The van der Waals surface area contributed by atoms with Crippen LogP contribution in [0.15, 0.2) is 54.3 Å². The molecule has 0 aliphatic carbocycles. The van der Waals surface area contributed by atoms with Gasteiger partial charge >= 0.3 is 5.91 Å². The zero-order chi connectivity index (χ0) is 21.3. The molecule has 1 saturated heterocycles. The van der Waals surface area contributed by atoms with Gasteiger partial charge in [-0.15, -0.1) is 0 Å². The first-order valence-corrected chi connectivity index (χ1v) is 9.94. The molecule has 0 saturated carbocycles. The smallest absolute Gasteiger partial charge is 0.301 e. The molecule has 2 amide bonds. The molecule has 2 aliphatic heterocycles. The predicted molar refractivity (Wildman–Crippen MR) is 114 cm³/mol. The fraction of sp³-hybridized carbons (Fsp3) is 0.304. The first-order valence-electron chi connectivity index (χ1n) is 9.94. The summed E-state index contributed by atoms with van der Waals surface area (Å²) in [6.07, 6.45) is 0. The number of carbonyl (C=O) groups excluding carboxylic acids is 2. The van der Waals surface area contributed by atoms with Crippen molar-refractivity contribution in [3.8, 4) is 5.75 Å². The quantitative estimate of drug-likeness (QED) is 0.767. The Morgan fingerprint density at radius 2 is 1.53 bits per heavy atom. The number of hydrogen-bond donors (Lipinski definition) is 1. The highest BCUT2D eigenvalue weighted by Crippen LogP contribution is 2.32. The maximum atomic E-state index is 13.0. The van der Waals surface area contributed by atoms with Crippen molar-refractivity contribution in [2.24, 2.45) is 0 Å². The monoisotopic (exact) mass is 407 g/mol. The number of amides is 2. The lowest BCUT2D eigenvalue weighted by Crippen LogP contribution is -2.43. The number of piperazine rings is 1. The molecule has 2 aromatic rings. The van der Waals surface area contributed by atoms with Crippen molar-refractivity contribution in [2.75, 3.05) is 45.2 Å². The third-order valence-corrected chi connectivity index (χ3v) is 5.63. The van der Waals surface area contributed by atoms with Crippen LogP contribution in [0.25, 0.3) is 5.57 Å². The molecule has 1 N–H and O–H groups in total. The molecule has 0 bridgehead atoms. The Bertz CT molecular complexity index is 975. The predicted octanol–water partition coefficient (Wildman–Crippen LogP) is 2.29. The average molecular weight is 407 g/mol. The minimum absolute atomic E-state index is 0.00386. The molecule has 0 radical (unpaired) electrons. The van der Waals surface area contributed by atoms with E-state index in [2.05, 4.69) is 16.8 Å². The van der Waals surface area contributed by atoms with E-state index in [4.69, 9.17) is 4.74 Å². The van der Waals surface area contributed by atoms with Crippen LogP contribution in [-0.4, -0.2) is 67.1 Å². The molecule has 30 heavy (non-hydrogen) atoms. The molecule has 2 aromatic carbocycles. The standard InChI is InChI=1S/C23H25N3O4/c1-24-11-13-25(14-12-24)15-16-3-7-18(8-4-16)26-22(28)20(21(27)23(26)29)17-5-9-19(30-2)10-6-17/h3-10,27H,11-15H2,1-2H3. The van der Waals surface area contributed by atoms with Gasteiger partial charge in [0.2, 0.25) is 0 Å². The summed E-state index contributed by atoms with van der Waals surface area (Å²) < 4.78 is 5.12. The van der Waals surface area contributed by atoms with E-state index in [1.165, 1.54) is 0 Å². The lowest BCUT2D eigenvalue weighted by Gasteiger charge is -2.32. The van der Waals surface area contributed by atoms with Gasteiger partial charge in [0.25, 0.3) is 5.91 Å². The zero-order valence-electron chi connectivity index (χ0n) is 17.2. The molecule has 0 unspecified atom stereocenters. The van der Waals surface area contributed by atoms with E-state index in [-0.39, 0.29) is 5.57 Å². The third-order valence-electron chi connectivity index (χ3n) is 5.63. The Kier molecular flexibility index (Phi) is 5.57. The van der Waals surface area contributed by atoms with Gasteiger partial charge in [0.1, 0.15) is 5.75 Å². The fourth-order valence-corrected chi connectivity index (χ4v) is 3.79. The number of imide groups is 1. The van der Waals surface area contributed by atoms with Crippen molar-refractivity contribution >= 4 is 23.1 Å². The van der Waals surface area contributed by atoms with Crippen LogP contribution in [0, 0.1) is 0 Å². The summed E-state index contributed by atoms with van der Waals surface area (Å²) in [5, 5.41) is 10.4. The van der Waals surface area contributed by atoms with E-state index in [1.807, 2.05) is 12.1 Å². The number of anilines is 1. The highest BCUT2D eigenvalue weighted by molar-refractivity contribution is 6.44.